The molecule has 0 saturated carbocycles. The summed E-state index contributed by atoms with van der Waals surface area (Å²) in [4.78, 5) is 32.5. The number of aliphatic hydroxyl groups excluding tert-OH is 1. The Labute approximate surface area is 197 Å². The first-order valence-electron chi connectivity index (χ1n) is 10.4. The molecule has 4 aromatic rings. The van der Waals surface area contributed by atoms with Gasteiger partial charge in [0.1, 0.15) is 21.2 Å². The largest absolute Gasteiger partial charge is 0.479 e. The molecule has 2 aromatic carbocycles. The average molecular weight is 476 g/mol. The van der Waals surface area contributed by atoms with Gasteiger partial charge in [0, 0.05) is 11.3 Å². The number of nitrogens with one attached hydrogen (secondary N) is 1. The molecule has 9 heteroatoms. The molecule has 0 bridgehead atoms. The number of anilines is 1. The molecule has 2 aromatic heterocycles. The van der Waals surface area contributed by atoms with Gasteiger partial charge in [0.25, 0.3) is 0 Å². The van der Waals surface area contributed by atoms with Crippen molar-refractivity contribution in [2.24, 2.45) is 0 Å². The molecule has 0 unspecified atom stereocenters. The molecule has 1 amide bonds. The number of aromatic nitrogens is 2. The number of aliphatic carboxylic acids is 1. The fraction of sp³-hybridized carbons (Fsp3) is 0.120. The number of hydrogen-bond acceptors (Lipinski definition) is 6. The van der Waals surface area contributed by atoms with Crippen molar-refractivity contribution in [1.29, 1.82) is 0 Å². The van der Waals surface area contributed by atoms with E-state index in [-0.39, 0.29) is 16.7 Å². The quantitative estimate of drug-likeness (QED) is 0.347. The number of rotatable bonds is 7. The summed E-state index contributed by atoms with van der Waals surface area (Å²) >= 11 is 1.27. The Morgan fingerprint density at radius 3 is 2.50 bits per heavy atom. The average Bonchev–Trinajstić information content (AvgIpc) is 3.52. The van der Waals surface area contributed by atoms with Crippen LogP contribution in [0.3, 0.4) is 0 Å². The number of carbonyl (C=O) groups is 2. The summed E-state index contributed by atoms with van der Waals surface area (Å²) < 4.78 is 14.8. The summed E-state index contributed by atoms with van der Waals surface area (Å²) in [6.07, 6.45) is 1.74. The van der Waals surface area contributed by atoms with E-state index in [0.29, 0.717) is 15.4 Å². The predicted octanol–water partition coefficient (Wildman–Crippen LogP) is 4.13. The number of nitrogens with zero attached hydrogens (tertiary/aromatic N) is 2. The zero-order valence-electron chi connectivity index (χ0n) is 17.6. The molecule has 1 aliphatic carbocycles. The molecule has 0 saturated heterocycles. The SMILES string of the molecule is O=C(C[C@H](O)C(=O)O)Nc1ccc(-c2nc3ccc(C4(c5ccccc5)C=C4)nc3s2)c(F)c1. The van der Waals surface area contributed by atoms with E-state index in [0.717, 1.165) is 17.3 Å². The van der Waals surface area contributed by atoms with E-state index in [1.807, 2.05) is 30.3 Å². The third kappa shape index (κ3) is 4.07. The molecule has 170 valence electrons. The highest BCUT2D eigenvalue weighted by Crippen LogP contribution is 2.45. The lowest BCUT2D eigenvalue weighted by Crippen LogP contribution is -2.26. The number of hydrogen-bond donors (Lipinski definition) is 3. The second kappa shape index (κ2) is 8.44. The number of allylic oxidation sites excluding steroid dienone is 2. The first kappa shape index (κ1) is 21.9. The van der Waals surface area contributed by atoms with Gasteiger partial charge in [0.15, 0.2) is 6.10 Å². The zero-order valence-corrected chi connectivity index (χ0v) is 18.4. The monoisotopic (exact) mass is 475 g/mol. The molecule has 1 atom stereocenters. The van der Waals surface area contributed by atoms with Gasteiger partial charge in [-0.2, -0.15) is 0 Å². The van der Waals surface area contributed by atoms with E-state index < -0.39 is 30.2 Å². The van der Waals surface area contributed by atoms with Crippen LogP contribution in [0.1, 0.15) is 17.7 Å². The number of amides is 1. The van der Waals surface area contributed by atoms with Crippen molar-refractivity contribution in [1.82, 2.24) is 9.97 Å². The maximum absolute atomic E-state index is 14.8. The van der Waals surface area contributed by atoms with Crippen molar-refractivity contribution < 1.29 is 24.2 Å². The number of halogens is 1. The third-order valence-corrected chi connectivity index (χ3v) is 6.58. The molecule has 1 aliphatic rings. The lowest BCUT2D eigenvalue weighted by atomic mass is 9.89. The van der Waals surface area contributed by atoms with E-state index in [1.165, 1.54) is 23.5 Å². The number of carboxylic acid groups (broad SMARTS) is 1. The van der Waals surface area contributed by atoms with Gasteiger partial charge in [0.05, 0.1) is 17.5 Å². The molecule has 5 rings (SSSR count). The van der Waals surface area contributed by atoms with Crippen molar-refractivity contribution in [3.8, 4) is 10.6 Å². The Bertz CT molecular complexity index is 1450. The zero-order chi connectivity index (χ0) is 23.9. The summed E-state index contributed by atoms with van der Waals surface area (Å²) in [5, 5.41) is 20.8. The number of carboxylic acids is 1. The van der Waals surface area contributed by atoms with Crippen LogP contribution in [0.2, 0.25) is 0 Å². The van der Waals surface area contributed by atoms with Crippen molar-refractivity contribution in [3.05, 3.63) is 89.9 Å². The van der Waals surface area contributed by atoms with E-state index in [4.69, 9.17) is 10.1 Å². The molecule has 7 nitrogen and oxygen atoms in total. The smallest absolute Gasteiger partial charge is 0.333 e. The maximum Gasteiger partial charge on any atom is 0.333 e. The first-order valence-corrected chi connectivity index (χ1v) is 11.2. The molecule has 2 heterocycles. The molecule has 0 radical (unpaired) electrons. The molecule has 3 N–H and O–H groups in total. The molecule has 0 aliphatic heterocycles. The minimum atomic E-state index is -1.82. The van der Waals surface area contributed by atoms with E-state index in [1.54, 1.807) is 0 Å². The van der Waals surface area contributed by atoms with Crippen LogP contribution in [0.15, 0.2) is 72.8 Å². The second-order valence-corrected chi connectivity index (χ2v) is 8.89. The molecule has 0 spiro atoms. The van der Waals surface area contributed by atoms with Crippen molar-refractivity contribution >= 4 is 39.2 Å². The number of carbonyl (C=O) groups excluding carboxylic acids is 1. The van der Waals surface area contributed by atoms with Gasteiger partial charge in [-0.25, -0.2) is 19.2 Å². The van der Waals surface area contributed by atoms with Gasteiger partial charge in [-0.15, -0.1) is 0 Å². The summed E-state index contributed by atoms with van der Waals surface area (Å²) in [6.45, 7) is 0. The highest BCUT2D eigenvalue weighted by molar-refractivity contribution is 7.21. The Hall–Kier alpha value is -3.95. The van der Waals surface area contributed by atoms with Gasteiger partial charge in [-0.05, 0) is 35.9 Å². The number of aliphatic hydroxyl groups is 1. The highest BCUT2D eigenvalue weighted by Gasteiger charge is 2.39. The standard InChI is InChI=1S/C25H18FN3O4S/c26-17-12-15(27-21(31)13-19(30)24(32)33)6-7-16(17)22-28-18-8-9-20(29-23(18)34-22)25(10-11-25)14-4-2-1-3-5-14/h1-12,19,30H,13H2,(H,27,31)(H,32,33)/t19-/m0/s1. The first-order chi connectivity index (χ1) is 16.4. The Morgan fingerprint density at radius 1 is 1.06 bits per heavy atom. The van der Waals surface area contributed by atoms with Crippen LogP contribution in [0.4, 0.5) is 10.1 Å². The normalized spacial score (nSPS) is 14.6. The van der Waals surface area contributed by atoms with Crippen LogP contribution in [0.5, 0.6) is 0 Å². The van der Waals surface area contributed by atoms with Gasteiger partial charge < -0.3 is 15.5 Å². The molecular weight excluding hydrogens is 457 g/mol. The van der Waals surface area contributed by atoms with E-state index >= 15 is 0 Å². The highest BCUT2D eigenvalue weighted by atomic mass is 32.1. The summed E-state index contributed by atoms with van der Waals surface area (Å²) in [6, 6.07) is 18.0. The van der Waals surface area contributed by atoms with E-state index in [2.05, 4.69) is 34.6 Å². The van der Waals surface area contributed by atoms with Crippen molar-refractivity contribution in [2.75, 3.05) is 5.32 Å². The molecule has 0 fully saturated rings. The maximum atomic E-state index is 14.8. The topological polar surface area (TPSA) is 112 Å². The van der Waals surface area contributed by atoms with Crippen LogP contribution >= 0.6 is 11.3 Å². The van der Waals surface area contributed by atoms with Gasteiger partial charge in [0.2, 0.25) is 5.91 Å². The van der Waals surface area contributed by atoms with Crippen LogP contribution in [-0.2, 0) is 15.0 Å². The molecular formula is C25H18FN3O4S. The van der Waals surface area contributed by atoms with Gasteiger partial charge in [-0.1, -0.05) is 53.8 Å². The number of pyridine rings is 1. The van der Waals surface area contributed by atoms with Crippen molar-refractivity contribution in [3.63, 3.8) is 0 Å². The number of benzene rings is 2. The number of fused-ring (bicyclic) bond motifs is 1. The fourth-order valence-corrected chi connectivity index (χ4v) is 4.68. The van der Waals surface area contributed by atoms with Crippen LogP contribution in [-0.4, -0.2) is 38.2 Å². The summed E-state index contributed by atoms with van der Waals surface area (Å²) in [5.41, 5.74) is 2.76. The van der Waals surface area contributed by atoms with E-state index in [9.17, 15) is 19.1 Å². The Balaban J connectivity index is 1.38. The Kier molecular flexibility index (Phi) is 5.43. The minimum absolute atomic E-state index is 0.148. The fourth-order valence-electron chi connectivity index (χ4n) is 3.71. The minimum Gasteiger partial charge on any atom is -0.479 e. The number of thiazole rings is 1. The van der Waals surface area contributed by atoms with Crippen LogP contribution < -0.4 is 5.32 Å². The Morgan fingerprint density at radius 2 is 1.82 bits per heavy atom. The lowest BCUT2D eigenvalue weighted by molar-refractivity contribution is -0.148. The third-order valence-electron chi connectivity index (χ3n) is 5.58. The van der Waals surface area contributed by atoms with Gasteiger partial charge in [-0.3, -0.25) is 4.79 Å². The van der Waals surface area contributed by atoms with Gasteiger partial charge >= 0.3 is 5.97 Å². The van der Waals surface area contributed by atoms with Crippen molar-refractivity contribution in [2.45, 2.75) is 17.9 Å². The molecule has 34 heavy (non-hydrogen) atoms. The lowest BCUT2D eigenvalue weighted by Gasteiger charge is -2.15. The van der Waals surface area contributed by atoms with Crippen LogP contribution in [0.25, 0.3) is 20.9 Å². The summed E-state index contributed by atoms with van der Waals surface area (Å²) in [7, 11) is 0. The van der Waals surface area contributed by atoms with Crippen LogP contribution in [0, 0.1) is 5.82 Å². The second-order valence-electron chi connectivity index (χ2n) is 7.91. The summed E-state index contributed by atoms with van der Waals surface area (Å²) in [5.74, 6) is -2.84. The predicted molar refractivity (Wildman–Crippen MR) is 126 cm³/mol.